The van der Waals surface area contributed by atoms with E-state index < -0.39 is 0 Å². The molecule has 1 aromatic heterocycles. The Morgan fingerprint density at radius 2 is 1.73 bits per heavy atom. The fraction of sp³-hybridized carbons (Fsp3) is 0.273. The standard InChI is InChI=1S/C22H25N3O5/c1-14-13-23-22(27)25(14)17-8-6-5-7-16(17)24-20(26)10-9-15-11-18(28-2)21(30-4)19(12-15)29-3/h5-8,11-13H,9-10H2,1-4H3,(H,23,27)(H,24,26). The van der Waals surface area contributed by atoms with Gasteiger partial charge in [-0.25, -0.2) is 4.79 Å². The van der Waals surface area contributed by atoms with Crippen molar-refractivity contribution in [2.45, 2.75) is 19.8 Å². The number of anilines is 1. The fourth-order valence-electron chi connectivity index (χ4n) is 3.28. The van der Waals surface area contributed by atoms with E-state index in [1.807, 2.05) is 31.2 Å². The predicted molar refractivity (Wildman–Crippen MR) is 114 cm³/mol. The third kappa shape index (κ3) is 4.32. The number of carbonyl (C=O) groups excluding carboxylic acids is 1. The minimum absolute atomic E-state index is 0.169. The molecule has 1 heterocycles. The molecule has 0 saturated heterocycles. The largest absolute Gasteiger partial charge is 0.493 e. The molecule has 0 radical (unpaired) electrons. The van der Waals surface area contributed by atoms with E-state index in [2.05, 4.69) is 10.3 Å². The third-order valence-corrected chi connectivity index (χ3v) is 4.74. The average Bonchev–Trinajstić information content (AvgIpc) is 3.09. The van der Waals surface area contributed by atoms with Crippen molar-refractivity contribution in [3.05, 3.63) is 64.3 Å². The molecule has 0 aliphatic carbocycles. The summed E-state index contributed by atoms with van der Waals surface area (Å²) >= 11 is 0. The Morgan fingerprint density at radius 1 is 1.07 bits per heavy atom. The number of hydrogen-bond donors (Lipinski definition) is 2. The first-order chi connectivity index (χ1) is 14.5. The number of H-pyrrole nitrogens is 1. The zero-order chi connectivity index (χ0) is 21.7. The molecule has 0 saturated carbocycles. The van der Waals surface area contributed by atoms with Gasteiger partial charge in [0.05, 0.1) is 32.7 Å². The molecule has 0 atom stereocenters. The van der Waals surface area contributed by atoms with Gasteiger partial charge >= 0.3 is 5.69 Å². The second kappa shape index (κ2) is 9.21. The fourth-order valence-corrected chi connectivity index (χ4v) is 3.28. The van der Waals surface area contributed by atoms with E-state index in [4.69, 9.17) is 14.2 Å². The molecule has 2 aromatic carbocycles. The van der Waals surface area contributed by atoms with Gasteiger partial charge < -0.3 is 24.5 Å². The second-order valence-electron chi connectivity index (χ2n) is 6.67. The van der Waals surface area contributed by atoms with Gasteiger partial charge in [-0.1, -0.05) is 12.1 Å². The first-order valence-corrected chi connectivity index (χ1v) is 9.43. The van der Waals surface area contributed by atoms with Crippen molar-refractivity contribution in [2.75, 3.05) is 26.6 Å². The molecule has 8 nitrogen and oxygen atoms in total. The number of nitrogens with zero attached hydrogens (tertiary/aromatic N) is 1. The molecule has 3 rings (SSSR count). The molecular weight excluding hydrogens is 386 g/mol. The summed E-state index contributed by atoms with van der Waals surface area (Å²) in [6.45, 7) is 1.82. The smallest absolute Gasteiger partial charge is 0.330 e. The van der Waals surface area contributed by atoms with E-state index in [0.717, 1.165) is 11.3 Å². The van der Waals surface area contributed by atoms with Gasteiger partial charge in [0.15, 0.2) is 11.5 Å². The summed E-state index contributed by atoms with van der Waals surface area (Å²) in [5.74, 6) is 1.42. The van der Waals surface area contributed by atoms with Crippen molar-refractivity contribution >= 4 is 11.6 Å². The first-order valence-electron chi connectivity index (χ1n) is 9.43. The molecule has 8 heteroatoms. The number of para-hydroxylation sites is 2. The molecule has 0 aliphatic heterocycles. The number of benzene rings is 2. The number of aromatic amines is 1. The van der Waals surface area contributed by atoms with Crippen LogP contribution in [0.25, 0.3) is 5.69 Å². The summed E-state index contributed by atoms with van der Waals surface area (Å²) in [5, 5.41) is 2.90. The Morgan fingerprint density at radius 3 is 2.30 bits per heavy atom. The summed E-state index contributed by atoms with van der Waals surface area (Å²) in [5.41, 5.74) is 2.55. The Bertz CT molecular complexity index is 1080. The van der Waals surface area contributed by atoms with Crippen molar-refractivity contribution in [1.82, 2.24) is 9.55 Å². The monoisotopic (exact) mass is 411 g/mol. The second-order valence-corrected chi connectivity index (χ2v) is 6.67. The van der Waals surface area contributed by atoms with Crippen LogP contribution in [0.1, 0.15) is 17.7 Å². The molecule has 3 aromatic rings. The number of aromatic nitrogens is 2. The van der Waals surface area contributed by atoms with Gasteiger partial charge in [0, 0.05) is 18.3 Å². The molecule has 2 N–H and O–H groups in total. The summed E-state index contributed by atoms with van der Waals surface area (Å²) in [6, 6.07) is 10.8. The number of amides is 1. The molecular formula is C22H25N3O5. The van der Waals surface area contributed by atoms with E-state index in [0.29, 0.717) is 35.0 Å². The Balaban J connectivity index is 1.76. The number of aryl methyl sites for hydroxylation is 2. The van der Waals surface area contributed by atoms with Gasteiger partial charge in [0.25, 0.3) is 0 Å². The van der Waals surface area contributed by atoms with Crippen LogP contribution in [-0.4, -0.2) is 36.8 Å². The molecule has 0 aliphatic rings. The maximum Gasteiger partial charge on any atom is 0.330 e. The predicted octanol–water partition coefficient (Wildman–Crippen LogP) is 3.07. The van der Waals surface area contributed by atoms with Gasteiger partial charge in [-0.3, -0.25) is 9.36 Å². The van der Waals surface area contributed by atoms with Crippen LogP contribution < -0.4 is 25.2 Å². The number of rotatable bonds is 8. The van der Waals surface area contributed by atoms with E-state index >= 15 is 0 Å². The van der Waals surface area contributed by atoms with Crippen LogP contribution >= 0.6 is 0 Å². The van der Waals surface area contributed by atoms with Crippen molar-refractivity contribution < 1.29 is 19.0 Å². The molecule has 30 heavy (non-hydrogen) atoms. The summed E-state index contributed by atoms with van der Waals surface area (Å²) in [7, 11) is 4.65. The van der Waals surface area contributed by atoms with Crippen LogP contribution in [0.5, 0.6) is 17.2 Å². The van der Waals surface area contributed by atoms with E-state index in [9.17, 15) is 9.59 Å². The zero-order valence-corrected chi connectivity index (χ0v) is 17.4. The van der Waals surface area contributed by atoms with Crippen LogP contribution in [0.15, 0.2) is 47.4 Å². The van der Waals surface area contributed by atoms with Crippen molar-refractivity contribution in [3.63, 3.8) is 0 Å². The molecule has 1 amide bonds. The van der Waals surface area contributed by atoms with Gasteiger partial charge in [-0.05, 0) is 43.2 Å². The maximum absolute atomic E-state index is 12.6. The topological polar surface area (TPSA) is 94.6 Å². The highest BCUT2D eigenvalue weighted by Gasteiger charge is 2.15. The van der Waals surface area contributed by atoms with Gasteiger partial charge in [0.2, 0.25) is 11.7 Å². The highest BCUT2D eigenvalue weighted by molar-refractivity contribution is 5.93. The third-order valence-electron chi connectivity index (χ3n) is 4.74. The Labute approximate surface area is 174 Å². The molecule has 0 fully saturated rings. The van der Waals surface area contributed by atoms with E-state index in [1.54, 1.807) is 39.7 Å². The van der Waals surface area contributed by atoms with Crippen LogP contribution in [0, 0.1) is 6.92 Å². The quantitative estimate of drug-likeness (QED) is 0.594. The highest BCUT2D eigenvalue weighted by atomic mass is 16.5. The lowest BCUT2D eigenvalue weighted by atomic mass is 10.1. The van der Waals surface area contributed by atoms with E-state index in [-0.39, 0.29) is 18.0 Å². The number of imidazole rings is 1. The van der Waals surface area contributed by atoms with Crippen LogP contribution in [0.2, 0.25) is 0 Å². The van der Waals surface area contributed by atoms with Crippen molar-refractivity contribution in [3.8, 4) is 22.9 Å². The van der Waals surface area contributed by atoms with Gasteiger partial charge in [0.1, 0.15) is 0 Å². The maximum atomic E-state index is 12.6. The molecule has 0 spiro atoms. The number of carbonyl (C=O) groups is 1. The summed E-state index contributed by atoms with van der Waals surface area (Å²) < 4.78 is 17.6. The average molecular weight is 411 g/mol. The SMILES string of the molecule is COc1cc(CCC(=O)Nc2ccccc2-n2c(C)c[nH]c2=O)cc(OC)c1OC. The van der Waals surface area contributed by atoms with Crippen LogP contribution in [0.4, 0.5) is 5.69 Å². The zero-order valence-electron chi connectivity index (χ0n) is 17.4. The number of methoxy groups -OCH3 is 3. The van der Waals surface area contributed by atoms with Crippen molar-refractivity contribution in [1.29, 1.82) is 0 Å². The highest BCUT2D eigenvalue weighted by Crippen LogP contribution is 2.38. The summed E-state index contributed by atoms with van der Waals surface area (Å²) in [4.78, 5) is 27.4. The lowest BCUT2D eigenvalue weighted by molar-refractivity contribution is -0.116. The van der Waals surface area contributed by atoms with Gasteiger partial charge in [-0.15, -0.1) is 0 Å². The minimum Gasteiger partial charge on any atom is -0.493 e. The lowest BCUT2D eigenvalue weighted by Gasteiger charge is -2.15. The Hall–Kier alpha value is -3.68. The number of nitrogens with one attached hydrogen (secondary N) is 2. The van der Waals surface area contributed by atoms with Crippen molar-refractivity contribution in [2.24, 2.45) is 0 Å². The first kappa shape index (κ1) is 21.0. The lowest BCUT2D eigenvalue weighted by Crippen LogP contribution is -2.19. The minimum atomic E-state index is -0.258. The Kier molecular flexibility index (Phi) is 6.46. The normalized spacial score (nSPS) is 10.5. The van der Waals surface area contributed by atoms with E-state index in [1.165, 1.54) is 4.57 Å². The number of ether oxygens (including phenoxy) is 3. The molecule has 0 bridgehead atoms. The number of hydrogen-bond acceptors (Lipinski definition) is 5. The van der Waals surface area contributed by atoms with Gasteiger partial charge in [-0.2, -0.15) is 0 Å². The molecule has 158 valence electrons. The molecule has 0 unspecified atom stereocenters. The summed E-state index contributed by atoms with van der Waals surface area (Å²) in [6.07, 6.45) is 2.35. The van der Waals surface area contributed by atoms with Crippen LogP contribution in [-0.2, 0) is 11.2 Å². The van der Waals surface area contributed by atoms with Crippen LogP contribution in [0.3, 0.4) is 0 Å².